The smallest absolute Gasteiger partial charge is 0.258 e. The lowest BCUT2D eigenvalue weighted by molar-refractivity contribution is 0.0977. The Bertz CT molecular complexity index is 1540. The average Bonchev–Trinajstić information content (AvgIpc) is 3.21. The molecular formula is C25H18BrN5OS. The van der Waals surface area contributed by atoms with Crippen molar-refractivity contribution in [1.82, 2.24) is 20.3 Å². The van der Waals surface area contributed by atoms with E-state index in [1.165, 1.54) is 0 Å². The minimum absolute atomic E-state index is 0.208. The number of carbonyl (C=O) groups excluding carboxylic acids is 1. The number of hydrogen-bond donors (Lipinski definition) is 2. The van der Waals surface area contributed by atoms with Crippen molar-refractivity contribution in [3.8, 4) is 5.69 Å². The second-order valence-corrected chi connectivity index (χ2v) is 8.79. The van der Waals surface area contributed by atoms with Gasteiger partial charge in [-0.15, -0.1) is 15.0 Å². The molecule has 0 saturated carbocycles. The van der Waals surface area contributed by atoms with Gasteiger partial charge in [-0.3, -0.25) is 10.1 Å². The number of hydrogen-bond acceptors (Lipinski definition) is 4. The molecule has 0 spiro atoms. The first kappa shape index (κ1) is 21.2. The van der Waals surface area contributed by atoms with Crippen LogP contribution in [-0.4, -0.2) is 26.0 Å². The number of halogens is 1. The summed E-state index contributed by atoms with van der Waals surface area (Å²) in [5.74, 6) is -0.291. The Morgan fingerprint density at radius 2 is 1.64 bits per heavy atom. The third-order valence-electron chi connectivity index (χ3n) is 5.30. The molecule has 0 radical (unpaired) electrons. The van der Waals surface area contributed by atoms with Crippen LogP contribution in [0.5, 0.6) is 0 Å². The third kappa shape index (κ3) is 4.22. The van der Waals surface area contributed by atoms with Crippen molar-refractivity contribution in [2.75, 3.05) is 5.32 Å². The summed E-state index contributed by atoms with van der Waals surface area (Å²) < 4.78 is 0.702. The van der Waals surface area contributed by atoms with E-state index in [1.54, 1.807) is 16.9 Å². The van der Waals surface area contributed by atoms with Crippen LogP contribution in [0.3, 0.4) is 0 Å². The van der Waals surface area contributed by atoms with Gasteiger partial charge >= 0.3 is 0 Å². The van der Waals surface area contributed by atoms with Crippen LogP contribution in [-0.2, 0) is 0 Å². The van der Waals surface area contributed by atoms with E-state index >= 15 is 0 Å². The van der Waals surface area contributed by atoms with E-state index in [0.717, 1.165) is 38.7 Å². The van der Waals surface area contributed by atoms with Gasteiger partial charge in [-0.2, -0.15) is 0 Å². The van der Waals surface area contributed by atoms with Crippen LogP contribution < -0.4 is 10.6 Å². The number of nitrogens with one attached hydrogen (secondary N) is 2. The molecule has 1 heterocycles. The summed E-state index contributed by atoms with van der Waals surface area (Å²) in [5, 5.41) is 17.6. The monoisotopic (exact) mass is 515 g/mol. The van der Waals surface area contributed by atoms with Crippen molar-refractivity contribution in [1.29, 1.82) is 0 Å². The van der Waals surface area contributed by atoms with Crippen LogP contribution in [0.4, 0.5) is 5.69 Å². The molecule has 0 unspecified atom stereocenters. The second-order valence-electron chi connectivity index (χ2n) is 7.53. The Morgan fingerprint density at radius 1 is 0.939 bits per heavy atom. The average molecular weight is 516 g/mol. The lowest BCUT2D eigenvalue weighted by Crippen LogP contribution is -2.34. The van der Waals surface area contributed by atoms with Crippen LogP contribution >= 0.6 is 28.1 Å². The highest BCUT2D eigenvalue weighted by atomic mass is 79.9. The summed E-state index contributed by atoms with van der Waals surface area (Å²) in [6.07, 6.45) is 0. The van der Waals surface area contributed by atoms with Gasteiger partial charge < -0.3 is 5.32 Å². The predicted molar refractivity (Wildman–Crippen MR) is 139 cm³/mol. The van der Waals surface area contributed by atoms with Gasteiger partial charge in [-0.1, -0.05) is 48.5 Å². The molecule has 5 rings (SSSR count). The van der Waals surface area contributed by atoms with E-state index in [2.05, 4.69) is 49.9 Å². The molecule has 162 valence electrons. The molecule has 0 aliphatic carbocycles. The van der Waals surface area contributed by atoms with Crippen molar-refractivity contribution < 1.29 is 4.79 Å². The minimum atomic E-state index is -0.291. The lowest BCUT2D eigenvalue weighted by Gasteiger charge is -2.12. The normalized spacial score (nSPS) is 11.0. The summed E-state index contributed by atoms with van der Waals surface area (Å²) in [6.45, 7) is 1.96. The highest BCUT2D eigenvalue weighted by molar-refractivity contribution is 9.10. The molecule has 6 nitrogen and oxygen atoms in total. The number of aryl methyl sites for hydroxylation is 1. The Balaban J connectivity index is 1.42. The molecule has 2 N–H and O–H groups in total. The SMILES string of the molecule is Cc1cc2nn(-c3cccc4ccccc34)nc2cc1NC(=S)NC(=O)c1ccccc1Br. The molecule has 0 saturated heterocycles. The number of fused-ring (bicyclic) bond motifs is 2. The first-order chi connectivity index (χ1) is 16.0. The molecule has 4 aromatic carbocycles. The van der Waals surface area contributed by atoms with E-state index < -0.39 is 0 Å². The summed E-state index contributed by atoms with van der Waals surface area (Å²) in [7, 11) is 0. The van der Waals surface area contributed by atoms with Crippen molar-refractivity contribution >= 4 is 66.7 Å². The number of carbonyl (C=O) groups is 1. The standard InChI is InChI=1S/C25H18BrN5OS/c1-15-13-21-22(30-31(29-21)23-12-6-8-16-7-2-3-9-17(16)23)14-20(15)27-25(33)28-24(32)18-10-4-5-11-19(18)26/h2-14H,1H3,(H2,27,28,32,33). The molecular weight excluding hydrogens is 498 g/mol. The Labute approximate surface area is 203 Å². The quantitative estimate of drug-likeness (QED) is 0.298. The van der Waals surface area contributed by atoms with Gasteiger partial charge in [-0.05, 0) is 76.4 Å². The molecule has 33 heavy (non-hydrogen) atoms. The number of aromatic nitrogens is 3. The van der Waals surface area contributed by atoms with Crippen LogP contribution in [0.15, 0.2) is 83.3 Å². The topological polar surface area (TPSA) is 71.8 Å². The number of amides is 1. The third-order valence-corrected chi connectivity index (χ3v) is 6.20. The van der Waals surface area contributed by atoms with E-state index in [1.807, 2.05) is 55.5 Å². The maximum Gasteiger partial charge on any atom is 0.258 e. The minimum Gasteiger partial charge on any atom is -0.332 e. The van der Waals surface area contributed by atoms with Crippen molar-refractivity contribution in [3.63, 3.8) is 0 Å². The van der Waals surface area contributed by atoms with Crippen molar-refractivity contribution in [3.05, 3.63) is 94.5 Å². The Morgan fingerprint density at radius 3 is 2.45 bits per heavy atom. The first-order valence-electron chi connectivity index (χ1n) is 10.2. The van der Waals surface area contributed by atoms with Gasteiger partial charge in [0.1, 0.15) is 11.0 Å². The van der Waals surface area contributed by atoms with E-state index in [-0.39, 0.29) is 11.0 Å². The molecule has 5 aromatic rings. The molecule has 0 atom stereocenters. The van der Waals surface area contributed by atoms with Gasteiger partial charge in [0, 0.05) is 15.5 Å². The molecule has 0 aliphatic heterocycles. The molecule has 1 aromatic heterocycles. The fraction of sp³-hybridized carbons (Fsp3) is 0.0400. The zero-order chi connectivity index (χ0) is 22.9. The zero-order valence-corrected chi connectivity index (χ0v) is 19.9. The van der Waals surface area contributed by atoms with Gasteiger partial charge in [-0.25, -0.2) is 0 Å². The van der Waals surface area contributed by atoms with E-state index in [4.69, 9.17) is 17.3 Å². The predicted octanol–water partition coefficient (Wildman–Crippen LogP) is 5.77. The van der Waals surface area contributed by atoms with Crippen LogP contribution in [0.25, 0.3) is 27.5 Å². The Kier molecular flexibility index (Phi) is 5.62. The maximum absolute atomic E-state index is 12.5. The summed E-state index contributed by atoms with van der Waals surface area (Å²) >= 11 is 8.76. The number of benzene rings is 4. The van der Waals surface area contributed by atoms with Crippen LogP contribution in [0, 0.1) is 6.92 Å². The number of anilines is 1. The molecule has 0 aliphatic rings. The van der Waals surface area contributed by atoms with Crippen molar-refractivity contribution in [2.24, 2.45) is 0 Å². The van der Waals surface area contributed by atoms with Crippen LogP contribution in [0.2, 0.25) is 0 Å². The fourth-order valence-electron chi connectivity index (χ4n) is 3.66. The highest BCUT2D eigenvalue weighted by Crippen LogP contribution is 2.25. The van der Waals surface area contributed by atoms with Crippen molar-refractivity contribution in [2.45, 2.75) is 6.92 Å². The van der Waals surface area contributed by atoms with Crippen LogP contribution in [0.1, 0.15) is 15.9 Å². The van der Waals surface area contributed by atoms with E-state index in [0.29, 0.717) is 10.0 Å². The Hall–Kier alpha value is -3.62. The van der Waals surface area contributed by atoms with Gasteiger partial charge in [0.05, 0.1) is 11.3 Å². The number of rotatable bonds is 3. The zero-order valence-electron chi connectivity index (χ0n) is 17.5. The van der Waals surface area contributed by atoms with Gasteiger partial charge in [0.2, 0.25) is 0 Å². The summed E-state index contributed by atoms with van der Waals surface area (Å²) in [6, 6.07) is 25.2. The number of thiocarbonyl (C=S) groups is 1. The van der Waals surface area contributed by atoms with Gasteiger partial charge in [0.15, 0.2) is 5.11 Å². The molecule has 0 bridgehead atoms. The highest BCUT2D eigenvalue weighted by Gasteiger charge is 2.14. The fourth-order valence-corrected chi connectivity index (χ4v) is 4.33. The lowest BCUT2D eigenvalue weighted by atomic mass is 10.1. The molecule has 8 heteroatoms. The largest absolute Gasteiger partial charge is 0.332 e. The second kappa shape index (κ2) is 8.73. The first-order valence-corrected chi connectivity index (χ1v) is 11.4. The van der Waals surface area contributed by atoms with E-state index in [9.17, 15) is 4.79 Å². The maximum atomic E-state index is 12.5. The molecule has 0 fully saturated rings. The summed E-state index contributed by atoms with van der Waals surface area (Å²) in [5.41, 5.74) is 4.60. The molecule has 1 amide bonds. The van der Waals surface area contributed by atoms with Gasteiger partial charge in [0.25, 0.3) is 5.91 Å². The number of nitrogens with zero attached hydrogens (tertiary/aromatic N) is 3. The summed E-state index contributed by atoms with van der Waals surface area (Å²) in [4.78, 5) is 14.2.